The number of ether oxygens (including phenoxy) is 1. The van der Waals surface area contributed by atoms with Crippen LogP contribution >= 0.6 is 40.5 Å². The zero-order chi connectivity index (χ0) is 22.0. The summed E-state index contributed by atoms with van der Waals surface area (Å²) < 4.78 is 19.5. The minimum absolute atomic E-state index is 0. The lowest BCUT2D eigenvalue weighted by molar-refractivity contribution is -0.135. The standard InChI is InChI=1S/C23H20FN5O2.3H2S/c1-14(23(30)29-13-17(24)9-21(29)26-2)8-16-12-28-20-6-5-18(10-19(16)20)31-22-15(11-25)4-3-7-27-22;;;/h3-7,10,12,14,17,21,28H,8-9,13H2,1H3;3*1H2/t14-,17-,21-;;;/m0.../s1. The molecule has 7 nitrogen and oxygen atoms in total. The van der Waals surface area contributed by atoms with Gasteiger partial charge in [0.1, 0.15) is 23.6 Å². The van der Waals surface area contributed by atoms with E-state index in [1.165, 1.54) is 4.90 Å². The highest BCUT2D eigenvalue weighted by atomic mass is 32.1. The summed E-state index contributed by atoms with van der Waals surface area (Å²) in [6.07, 6.45) is 2.05. The van der Waals surface area contributed by atoms with Crippen LogP contribution in [0.25, 0.3) is 15.7 Å². The molecule has 180 valence electrons. The number of aromatic nitrogens is 2. The number of fused-ring (bicyclic) bond motifs is 1. The Labute approximate surface area is 218 Å². The van der Waals surface area contributed by atoms with E-state index >= 15 is 0 Å². The number of benzene rings is 1. The summed E-state index contributed by atoms with van der Waals surface area (Å²) in [6, 6.07) is 10.8. The van der Waals surface area contributed by atoms with Crippen LogP contribution in [0.4, 0.5) is 4.39 Å². The lowest BCUT2D eigenvalue weighted by Crippen LogP contribution is -2.38. The van der Waals surface area contributed by atoms with Gasteiger partial charge in [-0.15, -0.1) is 0 Å². The zero-order valence-corrected chi connectivity index (χ0v) is 21.4. The number of alkyl halides is 1. The van der Waals surface area contributed by atoms with Crippen molar-refractivity contribution < 1.29 is 13.9 Å². The van der Waals surface area contributed by atoms with Gasteiger partial charge in [0.05, 0.1) is 13.0 Å². The monoisotopic (exact) mass is 519 g/mol. The number of likely N-dealkylation sites (tertiary alicyclic amines) is 1. The Morgan fingerprint density at radius 2 is 2.18 bits per heavy atom. The van der Waals surface area contributed by atoms with Crippen molar-refractivity contribution in [1.82, 2.24) is 14.9 Å². The van der Waals surface area contributed by atoms with Gasteiger partial charge in [0, 0.05) is 29.2 Å². The Hall–Kier alpha value is -2.86. The van der Waals surface area contributed by atoms with Crippen LogP contribution < -0.4 is 4.74 Å². The summed E-state index contributed by atoms with van der Waals surface area (Å²) >= 11 is 0. The SMILES string of the molecule is S.S.S.[C-]#[N+][C@@H]1C[C@H](F)CN1C(=O)[C@@H](C)Cc1c[nH]c2ccc(Oc3ncccc3C#N)cc12. The van der Waals surface area contributed by atoms with Crippen LogP contribution in [0.1, 0.15) is 24.5 Å². The van der Waals surface area contributed by atoms with E-state index in [1.54, 1.807) is 31.3 Å². The molecule has 0 spiro atoms. The van der Waals surface area contributed by atoms with Crippen LogP contribution in [0, 0.1) is 23.8 Å². The summed E-state index contributed by atoms with van der Waals surface area (Å²) in [6.45, 7) is 9.00. The van der Waals surface area contributed by atoms with Crippen molar-refractivity contribution in [3.63, 3.8) is 0 Å². The fraction of sp³-hybridized carbons (Fsp3) is 0.304. The number of carbonyl (C=O) groups excluding carboxylic acids is 1. The average molecular weight is 520 g/mol. The van der Waals surface area contributed by atoms with E-state index in [4.69, 9.17) is 11.3 Å². The molecule has 1 aromatic carbocycles. The van der Waals surface area contributed by atoms with Crippen LogP contribution in [0.3, 0.4) is 0 Å². The number of hydrogen-bond acceptors (Lipinski definition) is 4. The molecule has 1 amide bonds. The Balaban J connectivity index is 0.00000193. The lowest BCUT2D eigenvalue weighted by Gasteiger charge is -2.20. The van der Waals surface area contributed by atoms with Crippen LogP contribution in [0.5, 0.6) is 11.6 Å². The first-order valence-corrected chi connectivity index (χ1v) is 9.94. The molecule has 4 rings (SSSR count). The fourth-order valence-electron chi connectivity index (χ4n) is 3.88. The Morgan fingerprint density at radius 1 is 1.41 bits per heavy atom. The van der Waals surface area contributed by atoms with E-state index in [-0.39, 0.29) is 65.2 Å². The number of hydrogen-bond donors (Lipinski definition) is 1. The highest BCUT2D eigenvalue weighted by molar-refractivity contribution is 7.59. The largest absolute Gasteiger partial charge is 0.438 e. The van der Waals surface area contributed by atoms with Gasteiger partial charge in [0.25, 0.3) is 0 Å². The molecule has 3 atom stereocenters. The maximum atomic E-state index is 13.7. The van der Waals surface area contributed by atoms with Crippen molar-refractivity contribution in [2.45, 2.75) is 32.1 Å². The van der Waals surface area contributed by atoms with Gasteiger partial charge in [-0.1, -0.05) is 6.92 Å². The van der Waals surface area contributed by atoms with Crippen LogP contribution in [-0.4, -0.2) is 39.7 Å². The molecule has 1 aliphatic heterocycles. The van der Waals surface area contributed by atoms with Gasteiger partial charge in [-0.3, -0.25) is 14.5 Å². The molecule has 0 unspecified atom stereocenters. The van der Waals surface area contributed by atoms with Gasteiger partial charge in [0.15, 0.2) is 0 Å². The minimum atomic E-state index is -1.15. The maximum absolute atomic E-state index is 13.7. The molecular formula is C23H26FN5O2S3. The molecule has 1 N–H and O–H groups in total. The number of nitriles is 1. The highest BCUT2D eigenvalue weighted by Gasteiger charge is 2.41. The first kappa shape index (κ1) is 29.2. The Bertz CT molecular complexity index is 1220. The van der Waals surface area contributed by atoms with Crippen molar-refractivity contribution in [3.05, 3.63) is 65.3 Å². The molecule has 34 heavy (non-hydrogen) atoms. The van der Waals surface area contributed by atoms with Gasteiger partial charge in [0.2, 0.25) is 11.8 Å². The minimum Gasteiger partial charge on any atom is -0.438 e. The van der Waals surface area contributed by atoms with Crippen LogP contribution in [0.2, 0.25) is 0 Å². The van der Waals surface area contributed by atoms with E-state index in [1.807, 2.05) is 18.3 Å². The Kier molecular flexibility index (Phi) is 10.8. The molecule has 0 radical (unpaired) electrons. The molecule has 1 saturated heterocycles. The summed E-state index contributed by atoms with van der Waals surface area (Å²) in [4.78, 5) is 24.9. The predicted molar refractivity (Wildman–Crippen MR) is 143 cm³/mol. The first-order chi connectivity index (χ1) is 15.0. The molecule has 3 heterocycles. The summed E-state index contributed by atoms with van der Waals surface area (Å²) in [7, 11) is 0. The van der Waals surface area contributed by atoms with Gasteiger partial charge in [-0.2, -0.15) is 45.7 Å². The van der Waals surface area contributed by atoms with E-state index in [0.717, 1.165) is 16.5 Å². The number of amides is 1. The number of rotatable bonds is 5. The predicted octanol–water partition coefficient (Wildman–Crippen LogP) is 4.56. The molecule has 3 aromatic rings. The second kappa shape index (κ2) is 12.6. The zero-order valence-electron chi connectivity index (χ0n) is 18.4. The van der Waals surface area contributed by atoms with Crippen LogP contribution in [0.15, 0.2) is 42.7 Å². The van der Waals surface area contributed by atoms with Gasteiger partial charge in [-0.25, -0.2) is 15.9 Å². The molecule has 1 aliphatic rings. The number of pyridine rings is 1. The van der Waals surface area contributed by atoms with Gasteiger partial charge >= 0.3 is 6.17 Å². The lowest BCUT2D eigenvalue weighted by atomic mass is 9.99. The smallest absolute Gasteiger partial charge is 0.303 e. The molecule has 11 heteroatoms. The fourth-order valence-corrected chi connectivity index (χ4v) is 3.88. The highest BCUT2D eigenvalue weighted by Crippen LogP contribution is 2.30. The maximum Gasteiger partial charge on any atom is 0.303 e. The number of carbonyl (C=O) groups is 1. The second-order valence-electron chi connectivity index (χ2n) is 7.63. The van der Waals surface area contributed by atoms with Crippen molar-refractivity contribution in [1.29, 1.82) is 5.26 Å². The summed E-state index contributed by atoms with van der Waals surface area (Å²) in [5.74, 6) is 0.134. The van der Waals surface area contributed by atoms with Crippen LogP contribution in [-0.2, 0) is 11.2 Å². The number of nitrogens with one attached hydrogen (secondary N) is 1. The normalized spacial score (nSPS) is 17.4. The third-order valence-corrected chi connectivity index (χ3v) is 5.45. The first-order valence-electron chi connectivity index (χ1n) is 9.94. The average Bonchev–Trinajstić information content (AvgIpc) is 3.36. The van der Waals surface area contributed by atoms with E-state index in [2.05, 4.69) is 20.9 Å². The number of H-pyrrole nitrogens is 1. The molecular weight excluding hydrogens is 493 g/mol. The van der Waals surface area contributed by atoms with Crippen molar-refractivity contribution >= 4 is 57.3 Å². The van der Waals surface area contributed by atoms with Gasteiger partial charge in [-0.05, 0) is 42.3 Å². The quantitative estimate of drug-likeness (QED) is 0.501. The summed E-state index contributed by atoms with van der Waals surface area (Å²) in [5, 5.41) is 10.1. The molecule has 0 bridgehead atoms. The third kappa shape index (κ3) is 5.98. The number of aromatic amines is 1. The second-order valence-corrected chi connectivity index (χ2v) is 7.63. The Morgan fingerprint density at radius 3 is 2.88 bits per heavy atom. The van der Waals surface area contributed by atoms with Gasteiger partial charge < -0.3 is 9.72 Å². The molecule has 1 fully saturated rings. The van der Waals surface area contributed by atoms with E-state index < -0.39 is 18.3 Å². The molecule has 0 saturated carbocycles. The number of nitrogens with zero attached hydrogens (tertiary/aromatic N) is 4. The molecule has 2 aromatic heterocycles. The van der Waals surface area contributed by atoms with Crippen molar-refractivity contribution in [2.24, 2.45) is 5.92 Å². The van der Waals surface area contributed by atoms with Crippen molar-refractivity contribution in [2.75, 3.05) is 6.54 Å². The van der Waals surface area contributed by atoms with Crippen molar-refractivity contribution in [3.8, 4) is 17.7 Å². The van der Waals surface area contributed by atoms with E-state index in [0.29, 0.717) is 17.7 Å². The topological polar surface area (TPSA) is 86.4 Å². The third-order valence-electron chi connectivity index (χ3n) is 5.45. The van der Waals surface area contributed by atoms with E-state index in [9.17, 15) is 14.4 Å². The summed E-state index contributed by atoms with van der Waals surface area (Å²) in [5.41, 5.74) is 2.13. The number of halogens is 1. The molecule has 0 aliphatic carbocycles.